The number of nitrogens with zero attached hydrogens (tertiary/aromatic N) is 3. The summed E-state index contributed by atoms with van der Waals surface area (Å²) in [4.78, 5) is 20.7. The lowest BCUT2D eigenvalue weighted by atomic mass is 10.2. The molecule has 4 N–H and O–H groups in total. The molecule has 0 radical (unpaired) electrons. The van der Waals surface area contributed by atoms with E-state index in [0.717, 1.165) is 0 Å². The van der Waals surface area contributed by atoms with Crippen LogP contribution in [0.5, 0.6) is 17.2 Å². The average Bonchev–Trinajstić information content (AvgIpc) is 3.11. The molecule has 1 amide bonds. The number of fused-ring (bicyclic) bond motifs is 1. The highest BCUT2D eigenvalue weighted by molar-refractivity contribution is 7.98. The van der Waals surface area contributed by atoms with E-state index in [4.69, 9.17) is 15.2 Å². The fraction of sp³-hybridized carbons (Fsp3) is 0.188. The van der Waals surface area contributed by atoms with Crippen molar-refractivity contribution in [1.29, 1.82) is 0 Å². The van der Waals surface area contributed by atoms with Crippen molar-refractivity contribution in [1.82, 2.24) is 14.4 Å². The first-order valence-electron chi connectivity index (χ1n) is 7.43. The Hall–Kier alpha value is -3.14. The number of anilines is 2. The maximum absolute atomic E-state index is 12.0. The van der Waals surface area contributed by atoms with Gasteiger partial charge in [-0.25, -0.2) is 9.97 Å². The van der Waals surface area contributed by atoms with Crippen LogP contribution in [0.3, 0.4) is 0 Å². The molecular weight excluding hydrogens is 358 g/mol. The second-order valence-corrected chi connectivity index (χ2v) is 5.93. The Morgan fingerprint density at radius 2 is 1.96 bits per heavy atom. The summed E-state index contributed by atoms with van der Waals surface area (Å²) in [7, 11) is 2.85. The van der Waals surface area contributed by atoms with E-state index in [1.807, 2.05) is 6.26 Å². The number of primary amides is 1. The zero-order valence-electron chi connectivity index (χ0n) is 14.3. The first kappa shape index (κ1) is 17.7. The number of thioether (sulfide) groups is 1. The van der Waals surface area contributed by atoms with Gasteiger partial charge in [0.15, 0.2) is 22.3 Å². The minimum Gasteiger partial charge on any atom is -0.502 e. The summed E-state index contributed by atoms with van der Waals surface area (Å²) in [6.45, 7) is 0. The van der Waals surface area contributed by atoms with Crippen molar-refractivity contribution in [3.63, 3.8) is 0 Å². The molecule has 3 rings (SSSR count). The Morgan fingerprint density at radius 1 is 1.31 bits per heavy atom. The molecule has 3 aromatic rings. The molecule has 0 saturated carbocycles. The molecule has 0 atom stereocenters. The van der Waals surface area contributed by atoms with Crippen LogP contribution in [0, 0.1) is 0 Å². The Morgan fingerprint density at radius 3 is 2.50 bits per heavy atom. The third-order valence-electron chi connectivity index (χ3n) is 3.69. The second-order valence-electron chi connectivity index (χ2n) is 5.16. The molecule has 9 nitrogen and oxygen atoms in total. The van der Waals surface area contributed by atoms with Crippen molar-refractivity contribution in [2.45, 2.75) is 5.16 Å². The number of rotatable bonds is 6. The summed E-state index contributed by atoms with van der Waals surface area (Å²) in [5.41, 5.74) is 6.60. The number of hydrogen-bond acceptors (Lipinski definition) is 8. The second kappa shape index (κ2) is 7.00. The number of methoxy groups -OCH3 is 2. The smallest absolute Gasteiger partial charge is 0.256 e. The van der Waals surface area contributed by atoms with E-state index < -0.39 is 5.91 Å². The lowest BCUT2D eigenvalue weighted by molar-refractivity contribution is 0.100. The standard InChI is InChI=1S/C16H17N5O4S/c1-24-9-6-8(7-10(25-2)12(9)22)19-14-11(13(17)23)15-18-4-5-21(15)16(20-14)26-3/h4-7,19,22H,1-3H3,(H2,17,23). The Labute approximate surface area is 153 Å². The van der Waals surface area contributed by atoms with Gasteiger partial charge in [-0.2, -0.15) is 0 Å². The van der Waals surface area contributed by atoms with Crippen LogP contribution >= 0.6 is 11.8 Å². The molecular formula is C16H17N5O4S. The molecule has 0 unspecified atom stereocenters. The number of benzene rings is 1. The van der Waals surface area contributed by atoms with E-state index in [1.54, 1.807) is 28.9 Å². The van der Waals surface area contributed by atoms with Crippen molar-refractivity contribution < 1.29 is 19.4 Å². The fourth-order valence-electron chi connectivity index (χ4n) is 2.52. The molecule has 0 aliphatic heterocycles. The van der Waals surface area contributed by atoms with E-state index in [2.05, 4.69) is 15.3 Å². The highest BCUT2D eigenvalue weighted by Gasteiger charge is 2.20. The van der Waals surface area contributed by atoms with Gasteiger partial charge >= 0.3 is 0 Å². The number of phenolic OH excluding ortho intramolecular Hbond substituents is 1. The van der Waals surface area contributed by atoms with Gasteiger partial charge in [-0.3, -0.25) is 9.20 Å². The predicted molar refractivity (Wildman–Crippen MR) is 97.8 cm³/mol. The molecule has 0 saturated heterocycles. The van der Waals surface area contributed by atoms with Gasteiger partial charge in [0.1, 0.15) is 11.4 Å². The number of aromatic hydroxyl groups is 1. The van der Waals surface area contributed by atoms with Crippen molar-refractivity contribution in [2.24, 2.45) is 5.73 Å². The summed E-state index contributed by atoms with van der Waals surface area (Å²) >= 11 is 1.40. The van der Waals surface area contributed by atoms with E-state index in [-0.39, 0.29) is 28.6 Å². The van der Waals surface area contributed by atoms with E-state index in [9.17, 15) is 9.90 Å². The first-order chi connectivity index (χ1) is 12.5. The van der Waals surface area contributed by atoms with Crippen LogP contribution in [0.4, 0.5) is 11.5 Å². The number of aromatic nitrogens is 3. The maximum atomic E-state index is 12.0. The predicted octanol–water partition coefficient (Wildman–Crippen LogP) is 2.02. The van der Waals surface area contributed by atoms with Gasteiger partial charge in [0.2, 0.25) is 5.75 Å². The summed E-state index contributed by atoms with van der Waals surface area (Å²) in [5.74, 6) is -0.132. The monoisotopic (exact) mass is 375 g/mol. The maximum Gasteiger partial charge on any atom is 0.256 e. The summed E-state index contributed by atoms with van der Waals surface area (Å²) < 4.78 is 12.0. The molecule has 1 aromatic carbocycles. The zero-order chi connectivity index (χ0) is 18.8. The minimum absolute atomic E-state index is 0.128. The fourth-order valence-corrected chi connectivity index (χ4v) is 3.04. The van der Waals surface area contributed by atoms with E-state index >= 15 is 0 Å². The topological polar surface area (TPSA) is 124 Å². The van der Waals surface area contributed by atoms with Gasteiger partial charge in [-0.05, 0) is 6.26 Å². The first-order valence-corrected chi connectivity index (χ1v) is 8.65. The van der Waals surface area contributed by atoms with Gasteiger partial charge < -0.3 is 25.6 Å². The molecule has 0 aliphatic carbocycles. The molecule has 0 aliphatic rings. The van der Waals surface area contributed by atoms with Gasteiger partial charge in [0.25, 0.3) is 5.91 Å². The quantitative estimate of drug-likeness (QED) is 0.340. The van der Waals surface area contributed by atoms with Crippen LogP contribution < -0.4 is 20.5 Å². The van der Waals surface area contributed by atoms with Crippen LogP contribution in [0.1, 0.15) is 10.4 Å². The molecule has 136 valence electrons. The lowest BCUT2D eigenvalue weighted by Crippen LogP contribution is -2.17. The van der Waals surface area contributed by atoms with Crippen molar-refractivity contribution in [3.8, 4) is 17.2 Å². The minimum atomic E-state index is -0.665. The summed E-state index contributed by atoms with van der Waals surface area (Å²) in [5, 5.41) is 13.7. The Balaban J connectivity index is 2.17. The van der Waals surface area contributed by atoms with Crippen LogP contribution in [-0.4, -0.2) is 45.9 Å². The number of imidazole rings is 1. The van der Waals surface area contributed by atoms with Crippen LogP contribution in [0.15, 0.2) is 29.7 Å². The van der Waals surface area contributed by atoms with E-state index in [0.29, 0.717) is 16.5 Å². The summed E-state index contributed by atoms with van der Waals surface area (Å²) in [6.07, 6.45) is 5.14. The molecule has 2 heterocycles. The van der Waals surface area contributed by atoms with Gasteiger partial charge in [0, 0.05) is 30.2 Å². The summed E-state index contributed by atoms with van der Waals surface area (Å²) in [6, 6.07) is 3.11. The van der Waals surface area contributed by atoms with Crippen molar-refractivity contribution in [3.05, 3.63) is 30.1 Å². The number of amides is 1. The third-order valence-corrected chi connectivity index (χ3v) is 4.34. The third kappa shape index (κ3) is 2.94. The number of phenols is 1. The number of nitrogens with one attached hydrogen (secondary N) is 1. The molecule has 0 spiro atoms. The number of nitrogens with two attached hydrogens (primary N) is 1. The number of carbonyl (C=O) groups excluding carboxylic acids is 1. The highest BCUT2D eigenvalue weighted by atomic mass is 32.2. The molecule has 0 fully saturated rings. The SMILES string of the molecule is COc1cc(Nc2nc(SC)n3ccnc3c2C(N)=O)cc(OC)c1O. The largest absolute Gasteiger partial charge is 0.502 e. The molecule has 26 heavy (non-hydrogen) atoms. The number of carbonyl (C=O) groups is 1. The average molecular weight is 375 g/mol. The van der Waals surface area contributed by atoms with Crippen molar-refractivity contribution in [2.75, 3.05) is 25.8 Å². The normalized spacial score (nSPS) is 10.7. The number of ether oxygens (including phenoxy) is 2. The van der Waals surface area contributed by atoms with Crippen LogP contribution in [0.25, 0.3) is 5.65 Å². The molecule has 2 aromatic heterocycles. The molecule has 0 bridgehead atoms. The zero-order valence-corrected chi connectivity index (χ0v) is 15.1. The van der Waals surface area contributed by atoms with E-state index in [1.165, 1.54) is 26.0 Å². The van der Waals surface area contributed by atoms with Gasteiger partial charge in [-0.1, -0.05) is 11.8 Å². The van der Waals surface area contributed by atoms with Crippen LogP contribution in [0.2, 0.25) is 0 Å². The van der Waals surface area contributed by atoms with Gasteiger partial charge in [0.05, 0.1) is 14.2 Å². The highest BCUT2D eigenvalue weighted by Crippen LogP contribution is 2.40. The lowest BCUT2D eigenvalue weighted by Gasteiger charge is -2.15. The van der Waals surface area contributed by atoms with Crippen molar-refractivity contribution >= 4 is 34.8 Å². The number of hydrogen-bond donors (Lipinski definition) is 3. The Kier molecular flexibility index (Phi) is 4.76. The Bertz CT molecular complexity index is 963. The molecule has 10 heteroatoms. The van der Waals surface area contributed by atoms with Gasteiger partial charge in [-0.15, -0.1) is 0 Å². The van der Waals surface area contributed by atoms with Crippen LogP contribution in [-0.2, 0) is 0 Å².